The van der Waals surface area contributed by atoms with Gasteiger partial charge in [0, 0.05) is 7.05 Å². The van der Waals surface area contributed by atoms with Crippen molar-refractivity contribution in [1.82, 2.24) is 10.6 Å². The van der Waals surface area contributed by atoms with Crippen molar-refractivity contribution in [1.29, 1.82) is 0 Å². The Morgan fingerprint density at radius 3 is 2.33 bits per heavy atom. The van der Waals surface area contributed by atoms with E-state index in [1.165, 1.54) is 5.56 Å². The second-order valence-corrected chi connectivity index (χ2v) is 5.30. The Morgan fingerprint density at radius 1 is 1.04 bits per heavy atom. The van der Waals surface area contributed by atoms with E-state index in [9.17, 15) is 0 Å². The van der Waals surface area contributed by atoms with Crippen LogP contribution in [0.4, 0.5) is 0 Å². The van der Waals surface area contributed by atoms with Crippen molar-refractivity contribution in [2.24, 2.45) is 4.99 Å². The van der Waals surface area contributed by atoms with Gasteiger partial charge in [-0.1, -0.05) is 30.3 Å². The number of nitrogens with zero attached hydrogens (tertiary/aromatic N) is 1. The molecule has 24 heavy (non-hydrogen) atoms. The summed E-state index contributed by atoms with van der Waals surface area (Å²) in [6.07, 6.45) is 0. The van der Waals surface area contributed by atoms with Gasteiger partial charge in [-0.3, -0.25) is 4.99 Å². The zero-order valence-electron chi connectivity index (χ0n) is 14.5. The first-order valence-electron chi connectivity index (χ1n) is 8.02. The van der Waals surface area contributed by atoms with Crippen molar-refractivity contribution < 1.29 is 9.47 Å². The third-order valence-corrected chi connectivity index (χ3v) is 3.60. The summed E-state index contributed by atoms with van der Waals surface area (Å²) in [4.78, 5) is 4.24. The first-order valence-corrected chi connectivity index (χ1v) is 8.02. The summed E-state index contributed by atoms with van der Waals surface area (Å²) in [6.45, 7) is 3.32. The minimum atomic E-state index is 0.180. The summed E-state index contributed by atoms with van der Waals surface area (Å²) < 4.78 is 10.8. The topological polar surface area (TPSA) is 54.9 Å². The van der Waals surface area contributed by atoms with Crippen molar-refractivity contribution in [2.75, 3.05) is 27.3 Å². The molecule has 0 fully saturated rings. The average molecular weight is 327 g/mol. The lowest BCUT2D eigenvalue weighted by atomic mass is 10.1. The molecule has 0 aromatic heterocycles. The van der Waals surface area contributed by atoms with Crippen LogP contribution in [0, 0.1) is 0 Å². The SMILES string of the molecule is CN=C(NCCOc1ccc(OC)cc1)NC(C)c1ccccc1. The molecule has 128 valence electrons. The molecule has 0 aliphatic heterocycles. The van der Waals surface area contributed by atoms with E-state index in [4.69, 9.17) is 9.47 Å². The maximum absolute atomic E-state index is 5.69. The summed E-state index contributed by atoms with van der Waals surface area (Å²) in [5, 5.41) is 6.62. The first-order chi connectivity index (χ1) is 11.7. The minimum absolute atomic E-state index is 0.180. The van der Waals surface area contributed by atoms with E-state index in [0.29, 0.717) is 13.2 Å². The Bertz CT molecular complexity index is 627. The highest BCUT2D eigenvalue weighted by Crippen LogP contribution is 2.16. The lowest BCUT2D eigenvalue weighted by Gasteiger charge is -2.18. The van der Waals surface area contributed by atoms with Crippen molar-refractivity contribution in [3.63, 3.8) is 0 Å². The first kappa shape index (κ1) is 17.7. The van der Waals surface area contributed by atoms with Crippen molar-refractivity contribution in [3.05, 3.63) is 60.2 Å². The molecule has 0 bridgehead atoms. The smallest absolute Gasteiger partial charge is 0.191 e. The average Bonchev–Trinajstić information content (AvgIpc) is 2.65. The van der Waals surface area contributed by atoms with Gasteiger partial charge in [-0.25, -0.2) is 0 Å². The highest BCUT2D eigenvalue weighted by molar-refractivity contribution is 5.80. The number of benzene rings is 2. The third kappa shape index (κ3) is 5.50. The van der Waals surface area contributed by atoms with Gasteiger partial charge in [-0.2, -0.15) is 0 Å². The van der Waals surface area contributed by atoms with E-state index in [0.717, 1.165) is 17.5 Å². The molecule has 0 saturated carbocycles. The quantitative estimate of drug-likeness (QED) is 0.466. The van der Waals surface area contributed by atoms with Crippen LogP contribution in [0.2, 0.25) is 0 Å². The number of hydrogen-bond acceptors (Lipinski definition) is 3. The molecule has 2 aromatic carbocycles. The molecule has 0 radical (unpaired) electrons. The van der Waals surface area contributed by atoms with Crippen LogP contribution in [0.5, 0.6) is 11.5 Å². The largest absolute Gasteiger partial charge is 0.497 e. The van der Waals surface area contributed by atoms with Crippen molar-refractivity contribution in [3.8, 4) is 11.5 Å². The molecular weight excluding hydrogens is 302 g/mol. The second kappa shape index (κ2) is 9.45. The van der Waals surface area contributed by atoms with Crippen LogP contribution in [0.1, 0.15) is 18.5 Å². The van der Waals surface area contributed by atoms with Gasteiger partial charge in [0.1, 0.15) is 18.1 Å². The zero-order valence-corrected chi connectivity index (χ0v) is 14.5. The molecule has 0 saturated heterocycles. The highest BCUT2D eigenvalue weighted by Gasteiger charge is 2.06. The fourth-order valence-electron chi connectivity index (χ4n) is 2.24. The normalized spacial score (nSPS) is 12.4. The predicted molar refractivity (Wildman–Crippen MR) is 97.8 cm³/mol. The Kier molecular flexibility index (Phi) is 6.95. The molecule has 2 aromatic rings. The van der Waals surface area contributed by atoms with Crippen LogP contribution in [-0.2, 0) is 0 Å². The summed E-state index contributed by atoms with van der Waals surface area (Å²) in [5.74, 6) is 2.39. The van der Waals surface area contributed by atoms with E-state index in [2.05, 4.69) is 34.7 Å². The molecule has 0 heterocycles. The number of nitrogens with one attached hydrogen (secondary N) is 2. The van der Waals surface area contributed by atoms with Gasteiger partial charge in [0.05, 0.1) is 19.7 Å². The molecule has 2 N–H and O–H groups in total. The molecule has 0 aliphatic rings. The molecule has 0 amide bonds. The molecule has 1 atom stereocenters. The Balaban J connectivity index is 1.73. The van der Waals surface area contributed by atoms with E-state index in [-0.39, 0.29) is 6.04 Å². The van der Waals surface area contributed by atoms with Crippen LogP contribution >= 0.6 is 0 Å². The lowest BCUT2D eigenvalue weighted by molar-refractivity contribution is 0.321. The standard InChI is InChI=1S/C19H25N3O2/c1-15(16-7-5-4-6-8-16)22-19(20-2)21-13-14-24-18-11-9-17(23-3)10-12-18/h4-12,15H,13-14H2,1-3H3,(H2,20,21,22). The van der Waals surface area contributed by atoms with Crippen LogP contribution in [0.25, 0.3) is 0 Å². The lowest BCUT2D eigenvalue weighted by Crippen LogP contribution is -2.40. The van der Waals surface area contributed by atoms with Crippen molar-refractivity contribution >= 4 is 5.96 Å². The van der Waals surface area contributed by atoms with E-state index in [1.807, 2.05) is 42.5 Å². The highest BCUT2D eigenvalue weighted by atomic mass is 16.5. The Labute approximate surface area is 143 Å². The number of rotatable bonds is 7. The van der Waals surface area contributed by atoms with Crippen molar-refractivity contribution in [2.45, 2.75) is 13.0 Å². The molecular formula is C19H25N3O2. The van der Waals surface area contributed by atoms with Gasteiger partial charge in [0.25, 0.3) is 0 Å². The van der Waals surface area contributed by atoms with Crippen LogP contribution < -0.4 is 20.1 Å². The van der Waals surface area contributed by atoms with Crippen LogP contribution in [0.15, 0.2) is 59.6 Å². The number of ether oxygens (including phenoxy) is 2. The molecule has 5 nitrogen and oxygen atoms in total. The Morgan fingerprint density at radius 2 is 1.71 bits per heavy atom. The van der Waals surface area contributed by atoms with Gasteiger partial charge < -0.3 is 20.1 Å². The summed E-state index contributed by atoms with van der Waals surface area (Å²) in [5.41, 5.74) is 1.22. The summed E-state index contributed by atoms with van der Waals surface area (Å²) in [7, 11) is 3.41. The summed E-state index contributed by atoms with van der Waals surface area (Å²) >= 11 is 0. The maximum Gasteiger partial charge on any atom is 0.191 e. The molecule has 0 spiro atoms. The maximum atomic E-state index is 5.69. The predicted octanol–water partition coefficient (Wildman–Crippen LogP) is 3.00. The fraction of sp³-hybridized carbons (Fsp3) is 0.316. The van der Waals surface area contributed by atoms with Gasteiger partial charge >= 0.3 is 0 Å². The monoisotopic (exact) mass is 327 g/mol. The fourth-order valence-corrected chi connectivity index (χ4v) is 2.24. The zero-order chi connectivity index (χ0) is 17.2. The van der Waals surface area contributed by atoms with Gasteiger partial charge in [-0.05, 0) is 36.8 Å². The van der Waals surface area contributed by atoms with E-state index in [1.54, 1.807) is 14.2 Å². The third-order valence-electron chi connectivity index (χ3n) is 3.60. The van der Waals surface area contributed by atoms with E-state index < -0.39 is 0 Å². The number of aliphatic imine (C=N–C) groups is 1. The van der Waals surface area contributed by atoms with Gasteiger partial charge in [0.15, 0.2) is 5.96 Å². The van der Waals surface area contributed by atoms with Crippen LogP contribution in [-0.4, -0.2) is 33.3 Å². The molecule has 5 heteroatoms. The van der Waals surface area contributed by atoms with Gasteiger partial charge in [0.2, 0.25) is 0 Å². The van der Waals surface area contributed by atoms with E-state index >= 15 is 0 Å². The number of guanidine groups is 1. The van der Waals surface area contributed by atoms with Gasteiger partial charge in [-0.15, -0.1) is 0 Å². The molecule has 0 aliphatic carbocycles. The Hall–Kier alpha value is -2.69. The number of hydrogen-bond donors (Lipinski definition) is 2. The molecule has 1 unspecified atom stereocenters. The second-order valence-electron chi connectivity index (χ2n) is 5.30. The molecule has 2 rings (SSSR count). The summed E-state index contributed by atoms with van der Waals surface area (Å²) in [6, 6.07) is 18.0. The minimum Gasteiger partial charge on any atom is -0.497 e. The number of methoxy groups -OCH3 is 1. The van der Waals surface area contributed by atoms with Crippen LogP contribution in [0.3, 0.4) is 0 Å².